The van der Waals surface area contributed by atoms with Crippen molar-refractivity contribution in [3.63, 3.8) is 0 Å². The van der Waals surface area contributed by atoms with Crippen LogP contribution in [0.4, 0.5) is 17.6 Å². The number of aromatic nitrogens is 3. The predicted octanol–water partition coefficient (Wildman–Crippen LogP) is 6.71. The molecule has 3 heterocycles. The monoisotopic (exact) mass is 652 g/mol. The quantitative estimate of drug-likeness (QED) is 0.161. The fourth-order valence-corrected chi connectivity index (χ4v) is 3.05. The average molecular weight is 653 g/mol. The van der Waals surface area contributed by atoms with Crippen molar-refractivity contribution in [2.24, 2.45) is 0 Å². The average Bonchev–Trinajstić information content (AvgIpc) is 2.86. The Morgan fingerprint density at radius 2 is 0.971 bits per heavy atom. The fraction of sp³-hybridized carbons (Fsp3) is 0. The van der Waals surface area contributed by atoms with Crippen molar-refractivity contribution < 1.29 is 38.6 Å². The number of hydrogen-bond donors (Lipinski definition) is 0. The number of pyridine rings is 3. The summed E-state index contributed by atoms with van der Waals surface area (Å²) in [6.45, 7) is 0. The van der Waals surface area contributed by atoms with Gasteiger partial charge < -0.3 is 4.98 Å². The van der Waals surface area contributed by atoms with E-state index in [0.717, 1.165) is 18.2 Å². The van der Waals surface area contributed by atoms with Crippen LogP contribution in [0.15, 0.2) is 91.4 Å². The van der Waals surface area contributed by atoms with Crippen LogP contribution < -0.4 is 0 Å². The topological polar surface area (TPSA) is 38.7 Å². The standard InChI is InChI=1S/C16H9F2N2.C11H6F2N.Pt/c17-13-10-14(18)12(16-6-2-4-8-20-16)9-11(13)15-5-1-3-7-19-15;12-8-4-5-9(10(13)7-8)11-3-1-2-6-14-11;/h1-8,10H;1-4,6-7H;/q2*-1;+2. The molecular weight excluding hydrogens is 637 g/mol. The molecule has 3 nitrogen and oxygen atoms in total. The second kappa shape index (κ2) is 12.1. The maximum absolute atomic E-state index is 13.9. The van der Waals surface area contributed by atoms with Crippen LogP contribution in [0.5, 0.6) is 0 Å². The Labute approximate surface area is 213 Å². The van der Waals surface area contributed by atoms with Crippen LogP contribution in [0.3, 0.4) is 0 Å². The zero-order valence-corrected chi connectivity index (χ0v) is 20.1. The SMILES string of the molecule is Fc1c[c-]c(-c2ccccn2)c(F)c1.Fc1cc(F)c(-c2ccccn2)[c-]c1-c1ccccn1.[Pt+2]. The van der Waals surface area contributed by atoms with Gasteiger partial charge >= 0.3 is 21.1 Å². The smallest absolute Gasteiger partial charge is 0.305 e. The summed E-state index contributed by atoms with van der Waals surface area (Å²) in [5, 5.41) is 0. The molecule has 0 aliphatic heterocycles. The molecule has 0 bridgehead atoms. The third kappa shape index (κ3) is 6.46. The van der Waals surface area contributed by atoms with Gasteiger partial charge in [0.05, 0.1) is 11.6 Å². The second-order valence-electron chi connectivity index (χ2n) is 6.90. The molecule has 5 aromatic rings. The molecule has 8 heteroatoms. The summed E-state index contributed by atoms with van der Waals surface area (Å²) in [6.07, 6.45) is 4.64. The first-order chi connectivity index (χ1) is 16.5. The summed E-state index contributed by atoms with van der Waals surface area (Å²) < 4.78 is 53.6. The van der Waals surface area contributed by atoms with E-state index in [0.29, 0.717) is 17.1 Å². The van der Waals surface area contributed by atoms with Crippen LogP contribution in [0.25, 0.3) is 33.8 Å². The van der Waals surface area contributed by atoms with Crippen LogP contribution in [0.2, 0.25) is 0 Å². The minimum absolute atomic E-state index is 0. The number of nitrogens with zero attached hydrogens (tertiary/aromatic N) is 3. The van der Waals surface area contributed by atoms with Gasteiger partial charge in [-0.05, 0) is 23.9 Å². The van der Waals surface area contributed by atoms with E-state index in [-0.39, 0.29) is 37.8 Å². The zero-order valence-electron chi connectivity index (χ0n) is 17.8. The van der Waals surface area contributed by atoms with Crippen molar-refractivity contribution in [1.82, 2.24) is 15.0 Å². The molecule has 0 aliphatic carbocycles. The van der Waals surface area contributed by atoms with E-state index in [1.54, 1.807) is 73.2 Å². The van der Waals surface area contributed by atoms with Crippen molar-refractivity contribution in [1.29, 1.82) is 0 Å². The predicted molar refractivity (Wildman–Crippen MR) is 120 cm³/mol. The van der Waals surface area contributed by atoms with Gasteiger partial charge in [-0.1, -0.05) is 65.2 Å². The van der Waals surface area contributed by atoms with Crippen LogP contribution in [0.1, 0.15) is 0 Å². The van der Waals surface area contributed by atoms with E-state index >= 15 is 0 Å². The van der Waals surface area contributed by atoms with Crippen molar-refractivity contribution in [3.8, 4) is 33.8 Å². The van der Waals surface area contributed by atoms with E-state index in [1.165, 1.54) is 0 Å². The van der Waals surface area contributed by atoms with Crippen LogP contribution in [-0.4, -0.2) is 15.0 Å². The third-order valence-corrected chi connectivity index (χ3v) is 4.60. The number of halogens is 4. The molecule has 0 fully saturated rings. The van der Waals surface area contributed by atoms with Gasteiger partial charge in [-0.3, -0.25) is 27.5 Å². The van der Waals surface area contributed by atoms with Crippen LogP contribution in [-0.2, 0) is 21.1 Å². The Bertz CT molecular complexity index is 1330. The van der Waals surface area contributed by atoms with Gasteiger partial charge in [-0.2, -0.15) is 0 Å². The Morgan fingerprint density at radius 3 is 1.37 bits per heavy atom. The molecule has 0 amide bonds. The molecule has 0 atom stereocenters. The molecule has 0 unspecified atom stereocenters. The fourth-order valence-electron chi connectivity index (χ4n) is 3.05. The number of rotatable bonds is 3. The Balaban J connectivity index is 0.000000202. The first-order valence-electron chi connectivity index (χ1n) is 10.0. The largest absolute Gasteiger partial charge is 2.00 e. The van der Waals surface area contributed by atoms with Gasteiger partial charge in [0.2, 0.25) is 0 Å². The van der Waals surface area contributed by atoms with Crippen molar-refractivity contribution in [2.45, 2.75) is 0 Å². The van der Waals surface area contributed by atoms with Gasteiger partial charge in [0.25, 0.3) is 0 Å². The molecule has 0 spiro atoms. The molecule has 0 saturated heterocycles. The zero-order chi connectivity index (χ0) is 23.9. The molecule has 3 aromatic heterocycles. The van der Waals surface area contributed by atoms with E-state index in [2.05, 4.69) is 27.1 Å². The third-order valence-electron chi connectivity index (χ3n) is 4.60. The summed E-state index contributed by atoms with van der Waals surface area (Å²) in [7, 11) is 0. The van der Waals surface area contributed by atoms with Gasteiger partial charge in [-0.15, -0.1) is 18.2 Å². The first kappa shape index (κ1) is 25.9. The number of benzene rings is 2. The molecule has 2 aromatic carbocycles. The Hall–Kier alpha value is -3.70. The summed E-state index contributed by atoms with van der Waals surface area (Å²) in [6, 6.07) is 23.3. The van der Waals surface area contributed by atoms with E-state index in [9.17, 15) is 17.6 Å². The van der Waals surface area contributed by atoms with Gasteiger partial charge in [0, 0.05) is 41.6 Å². The van der Waals surface area contributed by atoms with Gasteiger partial charge in [-0.25, -0.2) is 0 Å². The molecular formula is C27H15F4N3Pt. The van der Waals surface area contributed by atoms with E-state index in [4.69, 9.17) is 0 Å². The Kier molecular flexibility index (Phi) is 8.98. The molecule has 176 valence electrons. The Morgan fingerprint density at radius 1 is 0.543 bits per heavy atom. The molecule has 0 radical (unpaired) electrons. The van der Waals surface area contributed by atoms with Crippen LogP contribution in [0, 0.1) is 35.4 Å². The summed E-state index contributed by atoms with van der Waals surface area (Å²) >= 11 is 0. The van der Waals surface area contributed by atoms with Gasteiger partial charge in [0.15, 0.2) is 0 Å². The van der Waals surface area contributed by atoms with Crippen molar-refractivity contribution >= 4 is 0 Å². The van der Waals surface area contributed by atoms with Crippen LogP contribution >= 0.6 is 0 Å². The summed E-state index contributed by atoms with van der Waals surface area (Å²) in [4.78, 5) is 12.1. The minimum Gasteiger partial charge on any atom is -0.305 e. The minimum atomic E-state index is -0.694. The van der Waals surface area contributed by atoms with Crippen molar-refractivity contribution in [2.75, 3.05) is 0 Å². The van der Waals surface area contributed by atoms with E-state index in [1.807, 2.05) is 0 Å². The molecule has 0 N–H and O–H groups in total. The molecule has 0 aliphatic rings. The first-order valence-corrected chi connectivity index (χ1v) is 10.0. The maximum atomic E-state index is 13.9. The molecule has 35 heavy (non-hydrogen) atoms. The normalized spacial score (nSPS) is 10.1. The van der Waals surface area contributed by atoms with E-state index < -0.39 is 23.3 Å². The maximum Gasteiger partial charge on any atom is 2.00 e. The summed E-state index contributed by atoms with van der Waals surface area (Å²) in [5.74, 6) is -2.67. The van der Waals surface area contributed by atoms with Gasteiger partial charge in [0.1, 0.15) is 0 Å². The number of hydrogen-bond acceptors (Lipinski definition) is 3. The summed E-state index contributed by atoms with van der Waals surface area (Å²) in [5.41, 5.74) is 1.71. The second-order valence-corrected chi connectivity index (χ2v) is 6.90. The molecule has 5 rings (SSSR count). The molecule has 0 saturated carbocycles. The van der Waals surface area contributed by atoms with Crippen molar-refractivity contribution in [3.05, 3.63) is 127 Å².